The monoisotopic (exact) mass is 358 g/mol. The Morgan fingerprint density at radius 3 is 2.73 bits per heavy atom. The Morgan fingerprint density at radius 1 is 1.23 bits per heavy atom. The van der Waals surface area contributed by atoms with Crippen molar-refractivity contribution in [2.24, 2.45) is 0 Å². The molecule has 2 heterocycles. The van der Waals surface area contributed by atoms with Gasteiger partial charge < -0.3 is 15.1 Å². The Labute approximate surface area is 153 Å². The number of aryl methyl sites for hydroxylation is 1. The molecule has 3 rings (SSSR count). The highest BCUT2D eigenvalue weighted by molar-refractivity contribution is 6.05. The van der Waals surface area contributed by atoms with Gasteiger partial charge in [-0.15, -0.1) is 0 Å². The molecule has 0 saturated carbocycles. The Bertz CT molecular complexity index is 706. The Morgan fingerprint density at radius 2 is 2.00 bits per heavy atom. The first-order valence-corrected chi connectivity index (χ1v) is 9.13. The van der Waals surface area contributed by atoms with Crippen LogP contribution in [0.25, 0.3) is 0 Å². The number of imide groups is 1. The molecule has 0 aromatic heterocycles. The molecule has 7 nitrogen and oxygen atoms in total. The van der Waals surface area contributed by atoms with Crippen molar-refractivity contribution >= 4 is 23.5 Å². The average molecular weight is 358 g/mol. The lowest BCUT2D eigenvalue weighted by Gasteiger charge is -2.31. The van der Waals surface area contributed by atoms with E-state index in [1.807, 2.05) is 0 Å². The molecule has 1 fully saturated rings. The van der Waals surface area contributed by atoms with Gasteiger partial charge in [-0.2, -0.15) is 0 Å². The number of fused-ring (bicyclic) bond motifs is 1. The third-order valence-corrected chi connectivity index (χ3v) is 5.18. The van der Waals surface area contributed by atoms with Crippen LogP contribution in [-0.4, -0.2) is 67.4 Å². The number of carbonyl (C=O) groups excluding carboxylic acids is 3. The molecule has 0 bridgehead atoms. The summed E-state index contributed by atoms with van der Waals surface area (Å²) in [5, 5.41) is 2.87. The highest BCUT2D eigenvalue weighted by Crippen LogP contribution is 2.26. The molecule has 140 valence electrons. The van der Waals surface area contributed by atoms with E-state index in [0.29, 0.717) is 6.54 Å². The summed E-state index contributed by atoms with van der Waals surface area (Å²) in [5.74, 6) is -0.519. The molecule has 1 aromatic rings. The maximum atomic E-state index is 12.1. The summed E-state index contributed by atoms with van der Waals surface area (Å²) < 4.78 is 0. The van der Waals surface area contributed by atoms with E-state index in [9.17, 15) is 14.4 Å². The van der Waals surface area contributed by atoms with Crippen LogP contribution in [0.2, 0.25) is 0 Å². The summed E-state index contributed by atoms with van der Waals surface area (Å²) >= 11 is 0. The summed E-state index contributed by atoms with van der Waals surface area (Å²) in [6, 6.07) is 7.41. The molecule has 4 amide bonds. The van der Waals surface area contributed by atoms with E-state index < -0.39 is 6.04 Å². The molecule has 0 spiro atoms. The van der Waals surface area contributed by atoms with Crippen molar-refractivity contribution in [3.8, 4) is 0 Å². The van der Waals surface area contributed by atoms with E-state index in [2.05, 4.69) is 34.5 Å². The second-order valence-corrected chi connectivity index (χ2v) is 6.93. The lowest BCUT2D eigenvalue weighted by Crippen LogP contribution is -2.38. The number of amides is 4. The molecular formula is C19H26N4O3. The zero-order chi connectivity index (χ0) is 18.7. The first kappa shape index (κ1) is 18.2. The second kappa shape index (κ2) is 7.76. The standard InChI is InChI=1S/C19H26N4O3/c1-21-16(18(25)22(2)19(21)26)13-17(24)20-10-6-12-23-11-5-8-14-7-3-4-9-15(14)23/h3-4,7,9,16H,5-6,8,10-13H2,1-2H3,(H,20,24)/t16-/m0/s1. The smallest absolute Gasteiger partial charge is 0.326 e. The van der Waals surface area contributed by atoms with Crippen LogP contribution in [-0.2, 0) is 16.0 Å². The number of para-hydroxylation sites is 1. The van der Waals surface area contributed by atoms with Gasteiger partial charge in [0.15, 0.2) is 0 Å². The first-order valence-electron chi connectivity index (χ1n) is 9.13. The van der Waals surface area contributed by atoms with Crippen LogP contribution >= 0.6 is 0 Å². The van der Waals surface area contributed by atoms with Crippen molar-refractivity contribution in [3.63, 3.8) is 0 Å². The molecule has 1 saturated heterocycles. The van der Waals surface area contributed by atoms with Gasteiger partial charge in [-0.25, -0.2) is 4.79 Å². The van der Waals surface area contributed by atoms with Crippen LogP contribution in [0.5, 0.6) is 0 Å². The number of hydrogen-bond donors (Lipinski definition) is 1. The number of rotatable bonds is 6. The number of likely N-dealkylation sites (N-methyl/N-ethyl adjacent to an activating group) is 2. The summed E-state index contributed by atoms with van der Waals surface area (Å²) in [4.78, 5) is 40.6. The Balaban J connectivity index is 1.43. The van der Waals surface area contributed by atoms with Crippen LogP contribution < -0.4 is 10.2 Å². The lowest BCUT2D eigenvalue weighted by atomic mass is 10.0. The molecule has 0 radical (unpaired) electrons. The molecule has 1 atom stereocenters. The van der Waals surface area contributed by atoms with Crippen molar-refractivity contribution in [1.29, 1.82) is 0 Å². The maximum absolute atomic E-state index is 12.1. The Hall–Kier alpha value is -2.57. The Kier molecular flexibility index (Phi) is 5.44. The van der Waals surface area contributed by atoms with Crippen molar-refractivity contribution in [2.45, 2.75) is 31.7 Å². The number of nitrogens with zero attached hydrogens (tertiary/aromatic N) is 3. The lowest BCUT2D eigenvalue weighted by molar-refractivity contribution is -0.131. The quantitative estimate of drug-likeness (QED) is 0.613. The van der Waals surface area contributed by atoms with E-state index in [-0.39, 0.29) is 24.3 Å². The molecule has 1 aromatic carbocycles. The molecule has 0 unspecified atom stereocenters. The summed E-state index contributed by atoms with van der Waals surface area (Å²) in [6.45, 7) is 2.49. The molecule has 26 heavy (non-hydrogen) atoms. The number of carbonyl (C=O) groups is 3. The van der Waals surface area contributed by atoms with Crippen LogP contribution in [0.15, 0.2) is 24.3 Å². The predicted octanol–water partition coefficient (Wildman–Crippen LogP) is 1.23. The fraction of sp³-hybridized carbons (Fsp3) is 0.526. The van der Waals surface area contributed by atoms with E-state index >= 15 is 0 Å². The maximum Gasteiger partial charge on any atom is 0.326 e. The molecule has 2 aliphatic rings. The summed E-state index contributed by atoms with van der Waals surface area (Å²) in [6.07, 6.45) is 3.13. The highest BCUT2D eigenvalue weighted by Gasteiger charge is 2.41. The van der Waals surface area contributed by atoms with Crippen molar-refractivity contribution in [1.82, 2.24) is 15.1 Å². The SMILES string of the molecule is CN1C(=O)[C@H](CC(=O)NCCCN2CCCc3ccccc32)N(C)C1=O. The topological polar surface area (TPSA) is 73.0 Å². The van der Waals surface area contributed by atoms with E-state index in [4.69, 9.17) is 0 Å². The molecule has 0 aliphatic carbocycles. The third-order valence-electron chi connectivity index (χ3n) is 5.18. The van der Waals surface area contributed by atoms with Gasteiger partial charge in [0.2, 0.25) is 5.91 Å². The molecular weight excluding hydrogens is 332 g/mol. The predicted molar refractivity (Wildman–Crippen MR) is 98.9 cm³/mol. The van der Waals surface area contributed by atoms with Gasteiger partial charge in [0, 0.05) is 39.4 Å². The van der Waals surface area contributed by atoms with E-state index in [1.54, 1.807) is 7.05 Å². The second-order valence-electron chi connectivity index (χ2n) is 6.93. The van der Waals surface area contributed by atoms with Gasteiger partial charge in [0.1, 0.15) is 6.04 Å². The van der Waals surface area contributed by atoms with Gasteiger partial charge in [0.05, 0.1) is 6.42 Å². The van der Waals surface area contributed by atoms with Crippen LogP contribution in [0, 0.1) is 0 Å². The number of hydrogen-bond acceptors (Lipinski definition) is 4. The van der Waals surface area contributed by atoms with Crippen LogP contribution in [0.1, 0.15) is 24.8 Å². The van der Waals surface area contributed by atoms with Gasteiger partial charge in [0.25, 0.3) is 5.91 Å². The zero-order valence-electron chi connectivity index (χ0n) is 15.4. The van der Waals surface area contributed by atoms with E-state index in [0.717, 1.165) is 37.3 Å². The molecule has 1 N–H and O–H groups in total. The van der Waals surface area contributed by atoms with E-state index in [1.165, 1.54) is 23.2 Å². The fourth-order valence-corrected chi connectivity index (χ4v) is 3.67. The minimum atomic E-state index is -0.693. The number of benzene rings is 1. The van der Waals surface area contributed by atoms with Gasteiger partial charge in [-0.05, 0) is 30.9 Å². The summed E-state index contributed by atoms with van der Waals surface area (Å²) in [7, 11) is 2.99. The van der Waals surface area contributed by atoms with Crippen LogP contribution in [0.3, 0.4) is 0 Å². The average Bonchev–Trinajstić information content (AvgIpc) is 2.83. The number of anilines is 1. The first-order chi connectivity index (χ1) is 12.5. The number of urea groups is 1. The fourth-order valence-electron chi connectivity index (χ4n) is 3.67. The van der Waals surface area contributed by atoms with Gasteiger partial charge in [-0.1, -0.05) is 18.2 Å². The largest absolute Gasteiger partial charge is 0.371 e. The zero-order valence-corrected chi connectivity index (χ0v) is 15.4. The van der Waals surface area contributed by atoms with Crippen molar-refractivity contribution in [2.75, 3.05) is 38.6 Å². The van der Waals surface area contributed by atoms with Crippen LogP contribution in [0.4, 0.5) is 10.5 Å². The third kappa shape index (κ3) is 3.66. The van der Waals surface area contributed by atoms with Gasteiger partial charge >= 0.3 is 6.03 Å². The molecule has 7 heteroatoms. The van der Waals surface area contributed by atoms with Crippen molar-refractivity contribution < 1.29 is 14.4 Å². The summed E-state index contributed by atoms with van der Waals surface area (Å²) in [5.41, 5.74) is 2.68. The molecule has 2 aliphatic heterocycles. The minimum Gasteiger partial charge on any atom is -0.371 e. The van der Waals surface area contributed by atoms with Gasteiger partial charge in [-0.3, -0.25) is 14.5 Å². The normalized spacial score (nSPS) is 19.8. The number of nitrogens with one attached hydrogen (secondary N) is 1. The van der Waals surface area contributed by atoms with Crippen molar-refractivity contribution in [3.05, 3.63) is 29.8 Å². The highest BCUT2D eigenvalue weighted by atomic mass is 16.2. The minimum absolute atomic E-state index is 0.0119.